The number of carbonyl (C=O) groups is 2. The lowest BCUT2D eigenvalue weighted by molar-refractivity contribution is -0.199. The Morgan fingerprint density at radius 1 is 0.768 bits per heavy atom. The molecule has 13 heteroatoms. The Balaban J connectivity index is 2.39. The highest BCUT2D eigenvalue weighted by atomic mass is 31.2. The van der Waals surface area contributed by atoms with Gasteiger partial charge in [-0.15, -0.1) is 0 Å². The molecule has 1 aliphatic rings. The van der Waals surface area contributed by atoms with Crippen molar-refractivity contribution in [3.05, 3.63) is 85.1 Å². The molecule has 1 heterocycles. The van der Waals surface area contributed by atoms with Gasteiger partial charge in [0.1, 0.15) is 6.61 Å². The van der Waals surface area contributed by atoms with Crippen LogP contribution in [0.15, 0.2) is 85.1 Å². The van der Waals surface area contributed by atoms with Crippen LogP contribution >= 0.6 is 7.82 Å². The van der Waals surface area contributed by atoms with Gasteiger partial charge in [0.25, 0.3) is 0 Å². The van der Waals surface area contributed by atoms with Crippen LogP contribution in [0.25, 0.3) is 0 Å². The number of phosphoric acid groups is 1. The Kier molecular flexibility index (Phi) is 30.2. The van der Waals surface area contributed by atoms with Crippen molar-refractivity contribution in [1.29, 1.82) is 0 Å². The molecule has 0 aromatic carbocycles. The summed E-state index contributed by atoms with van der Waals surface area (Å²) in [4.78, 5) is 43.0. The van der Waals surface area contributed by atoms with Crippen molar-refractivity contribution in [3.63, 3.8) is 0 Å². The molecule has 12 nitrogen and oxygen atoms in total. The van der Waals surface area contributed by atoms with Gasteiger partial charge in [-0.1, -0.05) is 118 Å². The van der Waals surface area contributed by atoms with E-state index in [2.05, 4.69) is 67.0 Å². The van der Waals surface area contributed by atoms with Crippen LogP contribution in [0.4, 0.5) is 0 Å². The average Bonchev–Trinajstić information content (AvgIpc) is 3.14. The fourth-order valence-corrected chi connectivity index (χ4v) is 5.98. The van der Waals surface area contributed by atoms with Gasteiger partial charge in [-0.05, 0) is 70.6 Å². The second-order valence-electron chi connectivity index (χ2n) is 13.8. The molecule has 1 saturated heterocycles. The number of hydrogen-bond acceptors (Lipinski definition) is 10. The van der Waals surface area contributed by atoms with E-state index in [4.69, 9.17) is 24.0 Å². The summed E-state index contributed by atoms with van der Waals surface area (Å²) in [6, 6.07) is 0. The fourth-order valence-electron chi connectivity index (χ4n) is 5.62. The number of unbranched alkanes of at least 4 members (excludes halogenated alkanes) is 4. The van der Waals surface area contributed by atoms with Crippen molar-refractivity contribution in [3.8, 4) is 0 Å². The maximum atomic E-state index is 12.5. The van der Waals surface area contributed by atoms with E-state index in [0.717, 1.165) is 51.4 Å². The molecule has 0 spiro atoms. The normalized spacial score (nSPS) is 20.8. The predicted molar refractivity (Wildman–Crippen MR) is 219 cm³/mol. The second kappa shape index (κ2) is 33.1. The molecule has 0 saturated carbocycles. The lowest BCUT2D eigenvalue weighted by atomic mass is 9.87. The summed E-state index contributed by atoms with van der Waals surface area (Å²) < 4.78 is 31.9. The molecule has 1 fully saturated rings. The van der Waals surface area contributed by atoms with Gasteiger partial charge in [-0.3, -0.25) is 14.1 Å². The third-order valence-corrected chi connectivity index (χ3v) is 9.18. The maximum absolute atomic E-state index is 12.5. The summed E-state index contributed by atoms with van der Waals surface area (Å²) >= 11 is 0. The van der Waals surface area contributed by atoms with Gasteiger partial charge in [0.15, 0.2) is 12.4 Å². The van der Waals surface area contributed by atoms with Crippen molar-refractivity contribution in [2.45, 2.75) is 154 Å². The van der Waals surface area contributed by atoms with E-state index in [1.807, 2.05) is 24.3 Å². The zero-order valence-corrected chi connectivity index (χ0v) is 34.4. The molecule has 0 aliphatic carbocycles. The summed E-state index contributed by atoms with van der Waals surface area (Å²) in [5.41, 5.74) is 0. The van der Waals surface area contributed by atoms with Crippen LogP contribution in [-0.2, 0) is 32.9 Å². The first-order valence-corrected chi connectivity index (χ1v) is 21.8. The smallest absolute Gasteiger partial charge is 0.462 e. The van der Waals surface area contributed by atoms with Gasteiger partial charge in [-0.25, -0.2) is 4.57 Å². The molecule has 6 atom stereocenters. The molecule has 0 aromatic rings. The molecule has 318 valence electrons. The van der Waals surface area contributed by atoms with Gasteiger partial charge in [0.2, 0.25) is 0 Å². The quantitative estimate of drug-likeness (QED) is 0.0196. The third kappa shape index (κ3) is 29.3. The highest BCUT2D eigenvalue weighted by Crippen LogP contribution is 2.36. The molecule has 1 aliphatic heterocycles. The minimum Gasteiger partial charge on any atom is -0.462 e. The standard InChI is InChI=1S/C43H69O12P/c1-3-5-7-8-9-10-11-12-13-14-15-16-17-18-19-20-25-29-41(46)52-34-37(35-53-56(49,50)51)54-42(47)30-26-22-21-24-28-38-39(45)33-43(48)55-40(38)32-31-36(44)27-23-6-4-2/h5,7,9-10,12-13,15-16,18-19,21,24,31-32,36-40,43-45,48H,3-4,6,8,11,14,17,20,22-23,25-30,33-35H2,1-2H3,(H2,49,50,51)/b7-5-,10-9-,13-12-,16-15-,19-18-,24-21-,32-31+/t36-,37+,38-,39-,40+,43?/m0/s1. The fraction of sp³-hybridized carbons (Fsp3) is 0.628. The lowest BCUT2D eigenvalue weighted by Crippen LogP contribution is -2.43. The van der Waals surface area contributed by atoms with E-state index < -0.39 is 63.7 Å². The van der Waals surface area contributed by atoms with Crippen molar-refractivity contribution >= 4 is 19.8 Å². The van der Waals surface area contributed by atoms with E-state index in [9.17, 15) is 29.5 Å². The molecule has 1 unspecified atom stereocenters. The zero-order valence-electron chi connectivity index (χ0n) is 33.5. The highest BCUT2D eigenvalue weighted by molar-refractivity contribution is 7.46. The van der Waals surface area contributed by atoms with Crippen LogP contribution < -0.4 is 0 Å². The van der Waals surface area contributed by atoms with Crippen LogP contribution in [0.1, 0.15) is 123 Å². The van der Waals surface area contributed by atoms with Crippen LogP contribution in [0.2, 0.25) is 0 Å². The van der Waals surface area contributed by atoms with E-state index in [1.54, 1.807) is 12.2 Å². The third-order valence-electron chi connectivity index (χ3n) is 8.69. The number of aliphatic hydroxyl groups is 3. The average molecular weight is 809 g/mol. The number of phosphoric ester groups is 1. The van der Waals surface area contributed by atoms with Gasteiger partial charge in [0.05, 0.1) is 24.9 Å². The maximum Gasteiger partial charge on any atom is 0.469 e. The van der Waals surface area contributed by atoms with Gasteiger partial charge >= 0.3 is 19.8 Å². The SMILES string of the molecule is CC/C=C\C/C=C\C/C=C\C/C=C\C/C=C\CCCC(=O)OC[C@H](COP(=O)(O)O)OC(=O)CCC/C=C\C[C@H]1[C@@H](O)CC(O)O[C@@H]1/C=C/[C@@H](O)CCCCC. The van der Waals surface area contributed by atoms with Crippen molar-refractivity contribution in [2.75, 3.05) is 13.2 Å². The molecule has 56 heavy (non-hydrogen) atoms. The first kappa shape index (κ1) is 51.1. The second-order valence-corrected chi connectivity index (χ2v) is 15.0. The molecule has 5 N–H and O–H groups in total. The van der Waals surface area contributed by atoms with Crippen LogP contribution in [0.5, 0.6) is 0 Å². The summed E-state index contributed by atoms with van der Waals surface area (Å²) in [5, 5.41) is 30.8. The number of aliphatic hydroxyl groups excluding tert-OH is 3. The Labute approximate surface area is 335 Å². The van der Waals surface area contributed by atoms with Crippen LogP contribution in [-0.4, -0.2) is 81.0 Å². The summed E-state index contributed by atoms with van der Waals surface area (Å²) in [6.45, 7) is 3.16. The van der Waals surface area contributed by atoms with E-state index in [1.165, 1.54) is 0 Å². The van der Waals surface area contributed by atoms with E-state index >= 15 is 0 Å². The Bertz CT molecular complexity index is 1300. The highest BCUT2D eigenvalue weighted by Gasteiger charge is 2.35. The number of hydrogen-bond donors (Lipinski definition) is 5. The Morgan fingerprint density at radius 3 is 1.93 bits per heavy atom. The summed E-state index contributed by atoms with van der Waals surface area (Å²) in [6.07, 6.45) is 35.0. The van der Waals surface area contributed by atoms with E-state index in [-0.39, 0.29) is 25.2 Å². The number of carbonyl (C=O) groups excluding carboxylic acids is 2. The number of esters is 2. The van der Waals surface area contributed by atoms with Gasteiger partial charge in [-0.2, -0.15) is 0 Å². The summed E-state index contributed by atoms with van der Waals surface area (Å²) in [7, 11) is -4.85. The monoisotopic (exact) mass is 808 g/mol. The first-order chi connectivity index (χ1) is 26.9. The minimum atomic E-state index is -4.85. The molecular formula is C43H69O12P. The topological polar surface area (TPSA) is 189 Å². The lowest BCUT2D eigenvalue weighted by Gasteiger charge is -2.36. The van der Waals surface area contributed by atoms with E-state index in [0.29, 0.717) is 38.5 Å². The van der Waals surface area contributed by atoms with Gasteiger partial charge < -0.3 is 39.3 Å². The van der Waals surface area contributed by atoms with Crippen molar-refractivity contribution in [1.82, 2.24) is 0 Å². The first-order valence-electron chi connectivity index (χ1n) is 20.3. The van der Waals surface area contributed by atoms with Crippen LogP contribution in [0, 0.1) is 5.92 Å². The Hall–Kier alpha value is -2.93. The number of rotatable bonds is 31. The summed E-state index contributed by atoms with van der Waals surface area (Å²) in [5.74, 6) is -1.49. The molecule has 1 rings (SSSR count). The Morgan fingerprint density at radius 2 is 1.34 bits per heavy atom. The van der Waals surface area contributed by atoms with Crippen molar-refractivity contribution in [2.24, 2.45) is 5.92 Å². The van der Waals surface area contributed by atoms with Gasteiger partial charge in [0, 0.05) is 25.2 Å². The molecule has 0 radical (unpaired) electrons. The number of allylic oxidation sites excluding steroid dienone is 12. The number of ether oxygens (including phenoxy) is 3. The zero-order chi connectivity index (χ0) is 41.3. The molecule has 0 bridgehead atoms. The molecular weight excluding hydrogens is 739 g/mol. The molecule has 0 amide bonds. The largest absolute Gasteiger partial charge is 0.469 e. The molecule has 0 aromatic heterocycles. The minimum absolute atomic E-state index is 0.000580. The predicted octanol–water partition coefficient (Wildman–Crippen LogP) is 8.17. The van der Waals surface area contributed by atoms with Crippen molar-refractivity contribution < 1.29 is 58.0 Å². The van der Waals surface area contributed by atoms with Crippen LogP contribution in [0.3, 0.4) is 0 Å².